The van der Waals surface area contributed by atoms with Gasteiger partial charge in [0.15, 0.2) is 5.78 Å². The molecule has 5 nitrogen and oxygen atoms in total. The molecule has 0 saturated carbocycles. The number of rotatable bonds is 4. The Bertz CT molecular complexity index is 814. The topological polar surface area (TPSA) is 75.3 Å². The maximum atomic E-state index is 12.5. The monoisotopic (exact) mass is 500 g/mol. The molecule has 0 aliphatic rings. The van der Waals surface area contributed by atoms with Crippen molar-refractivity contribution in [3.8, 4) is 0 Å². The van der Waals surface area contributed by atoms with E-state index in [1.54, 1.807) is 0 Å². The van der Waals surface area contributed by atoms with E-state index >= 15 is 0 Å². The van der Waals surface area contributed by atoms with Gasteiger partial charge in [-0.25, -0.2) is 0 Å². The van der Waals surface area contributed by atoms with Crippen LogP contribution in [-0.2, 0) is 9.59 Å². The fourth-order valence-corrected chi connectivity index (χ4v) is 2.26. The average molecular weight is 503 g/mol. The van der Waals surface area contributed by atoms with E-state index in [1.165, 1.54) is 48.5 Å². The summed E-state index contributed by atoms with van der Waals surface area (Å²) < 4.78 is -4.19. The highest BCUT2D eigenvalue weighted by Crippen LogP contribution is 2.29. The first kappa shape index (κ1) is 23.1. The van der Waals surface area contributed by atoms with Crippen molar-refractivity contribution in [1.82, 2.24) is 0 Å². The number of hydrogen-bond acceptors (Lipinski definition) is 3. The Morgan fingerprint density at radius 3 is 1.11 bits per heavy atom. The summed E-state index contributed by atoms with van der Waals surface area (Å²) in [5.41, 5.74) is 1.45. The van der Waals surface area contributed by atoms with Gasteiger partial charge >= 0.3 is 0 Å². The number of carbonyl (C=O) groups excluding carboxylic acids is 3. The molecule has 2 aromatic carbocycles. The molecule has 0 unspecified atom stereocenters. The van der Waals surface area contributed by atoms with Crippen LogP contribution < -0.4 is 10.6 Å². The highest BCUT2D eigenvalue weighted by atomic mass is 35.6. The first-order valence-corrected chi connectivity index (χ1v) is 9.66. The predicted octanol–water partition coefficient (Wildman–Crippen LogP) is 5.54. The Hall–Kier alpha value is -1.21. The molecule has 0 aromatic heterocycles. The molecular formula is C17H10Cl6N2O3. The number of anilines is 2. The standard InChI is InChI=1S/C17H10Cl6N2O3/c18-16(19,20)14(27)24-11-5-1-9(2-6-11)13(26)10-3-7-12(8-4-10)25-15(28)17(21,22)23/h1-8H,(H,24,27)(H,25,28). The van der Waals surface area contributed by atoms with E-state index < -0.39 is 19.4 Å². The Kier molecular flexibility index (Phi) is 7.48. The Morgan fingerprint density at radius 2 is 0.857 bits per heavy atom. The van der Waals surface area contributed by atoms with Crippen LogP contribution in [0.4, 0.5) is 11.4 Å². The first-order valence-electron chi connectivity index (χ1n) is 7.39. The van der Waals surface area contributed by atoms with Gasteiger partial charge in [-0.05, 0) is 48.5 Å². The molecule has 0 saturated heterocycles. The smallest absolute Gasteiger partial charge is 0.276 e. The number of hydrogen-bond donors (Lipinski definition) is 2. The minimum atomic E-state index is -2.10. The van der Waals surface area contributed by atoms with Crippen LogP contribution in [0.25, 0.3) is 0 Å². The third-order valence-electron chi connectivity index (χ3n) is 3.32. The van der Waals surface area contributed by atoms with Crippen molar-refractivity contribution in [1.29, 1.82) is 0 Å². The van der Waals surface area contributed by atoms with Crippen LogP contribution in [0.3, 0.4) is 0 Å². The molecule has 28 heavy (non-hydrogen) atoms. The molecule has 148 valence electrons. The van der Waals surface area contributed by atoms with Gasteiger partial charge in [0.2, 0.25) is 0 Å². The summed E-state index contributed by atoms with van der Waals surface area (Å²) in [5.74, 6) is -1.91. The van der Waals surface area contributed by atoms with Crippen LogP contribution >= 0.6 is 69.6 Å². The van der Waals surface area contributed by atoms with Crippen LogP contribution in [0, 0.1) is 0 Å². The summed E-state index contributed by atoms with van der Waals surface area (Å²) in [6.07, 6.45) is 0. The molecular weight excluding hydrogens is 493 g/mol. The lowest BCUT2D eigenvalue weighted by atomic mass is 10.0. The lowest BCUT2D eigenvalue weighted by Crippen LogP contribution is -2.26. The second kappa shape index (κ2) is 9.08. The van der Waals surface area contributed by atoms with Crippen molar-refractivity contribution >= 4 is 98.6 Å². The van der Waals surface area contributed by atoms with Crippen molar-refractivity contribution in [2.24, 2.45) is 0 Å². The predicted molar refractivity (Wildman–Crippen MR) is 114 cm³/mol. The van der Waals surface area contributed by atoms with E-state index in [0.717, 1.165) is 0 Å². The zero-order valence-electron chi connectivity index (χ0n) is 13.6. The van der Waals surface area contributed by atoms with E-state index in [9.17, 15) is 14.4 Å². The Morgan fingerprint density at radius 1 is 0.571 bits per heavy atom. The normalized spacial score (nSPS) is 11.6. The Balaban J connectivity index is 2.07. The molecule has 0 heterocycles. The molecule has 2 amide bonds. The molecule has 0 spiro atoms. The summed E-state index contributed by atoms with van der Waals surface area (Å²) in [5, 5.41) is 4.81. The first-order chi connectivity index (χ1) is 12.9. The van der Waals surface area contributed by atoms with E-state index in [0.29, 0.717) is 22.5 Å². The zero-order chi connectivity index (χ0) is 21.1. The molecule has 2 N–H and O–H groups in total. The van der Waals surface area contributed by atoms with Crippen molar-refractivity contribution < 1.29 is 14.4 Å². The molecule has 0 radical (unpaired) electrons. The van der Waals surface area contributed by atoms with E-state index in [4.69, 9.17) is 69.6 Å². The number of ketones is 1. The minimum Gasteiger partial charge on any atom is -0.322 e. The van der Waals surface area contributed by atoms with Gasteiger partial charge in [0, 0.05) is 22.5 Å². The van der Waals surface area contributed by atoms with Crippen molar-refractivity contribution in [3.05, 3.63) is 59.7 Å². The number of amides is 2. The summed E-state index contributed by atoms with van der Waals surface area (Å²) in [6, 6.07) is 12.0. The largest absolute Gasteiger partial charge is 0.322 e. The molecule has 11 heteroatoms. The lowest BCUT2D eigenvalue weighted by Gasteiger charge is -2.12. The van der Waals surface area contributed by atoms with Crippen LogP contribution in [-0.4, -0.2) is 25.2 Å². The van der Waals surface area contributed by atoms with Gasteiger partial charge in [0.1, 0.15) is 0 Å². The van der Waals surface area contributed by atoms with Gasteiger partial charge in [-0.1, -0.05) is 69.6 Å². The highest BCUT2D eigenvalue weighted by molar-refractivity contribution is 6.77. The number of carbonyl (C=O) groups is 3. The Labute approximate surface area is 190 Å². The third-order valence-corrected chi connectivity index (χ3v) is 4.35. The maximum Gasteiger partial charge on any atom is 0.276 e. The van der Waals surface area contributed by atoms with Gasteiger partial charge in [0.05, 0.1) is 0 Å². The third kappa shape index (κ3) is 6.41. The van der Waals surface area contributed by atoms with Crippen LogP contribution in [0.5, 0.6) is 0 Å². The lowest BCUT2D eigenvalue weighted by molar-refractivity contribution is -0.116. The second-order valence-electron chi connectivity index (χ2n) is 5.39. The number of halogens is 6. The molecule has 0 aliphatic carbocycles. The average Bonchev–Trinajstić information content (AvgIpc) is 2.61. The molecule has 0 bridgehead atoms. The van der Waals surface area contributed by atoms with Gasteiger partial charge in [-0.15, -0.1) is 0 Å². The summed E-state index contributed by atoms with van der Waals surface area (Å²) in [7, 11) is 0. The van der Waals surface area contributed by atoms with Crippen molar-refractivity contribution in [2.75, 3.05) is 10.6 Å². The zero-order valence-corrected chi connectivity index (χ0v) is 18.1. The van der Waals surface area contributed by atoms with Crippen LogP contribution in [0.15, 0.2) is 48.5 Å². The van der Waals surface area contributed by atoms with Gasteiger partial charge < -0.3 is 10.6 Å². The number of benzene rings is 2. The van der Waals surface area contributed by atoms with Gasteiger partial charge in [-0.2, -0.15) is 0 Å². The van der Waals surface area contributed by atoms with Crippen molar-refractivity contribution in [2.45, 2.75) is 7.59 Å². The summed E-state index contributed by atoms with van der Waals surface area (Å²) in [6.45, 7) is 0. The van der Waals surface area contributed by atoms with Gasteiger partial charge in [0.25, 0.3) is 19.4 Å². The fraction of sp³-hybridized carbons (Fsp3) is 0.118. The number of alkyl halides is 6. The highest BCUT2D eigenvalue weighted by Gasteiger charge is 2.31. The summed E-state index contributed by atoms with van der Waals surface area (Å²) in [4.78, 5) is 35.8. The van der Waals surface area contributed by atoms with E-state index in [-0.39, 0.29) is 5.78 Å². The molecule has 0 aliphatic heterocycles. The number of nitrogens with one attached hydrogen (secondary N) is 2. The quantitative estimate of drug-likeness (QED) is 0.426. The SMILES string of the molecule is O=C(c1ccc(NC(=O)C(Cl)(Cl)Cl)cc1)c1ccc(NC(=O)C(Cl)(Cl)Cl)cc1. The fourth-order valence-electron chi connectivity index (χ4n) is 1.98. The molecule has 0 atom stereocenters. The van der Waals surface area contributed by atoms with Crippen LogP contribution in [0.1, 0.15) is 15.9 Å². The van der Waals surface area contributed by atoms with E-state index in [2.05, 4.69) is 10.6 Å². The maximum absolute atomic E-state index is 12.5. The van der Waals surface area contributed by atoms with E-state index in [1.807, 2.05) is 0 Å². The molecule has 2 aromatic rings. The minimum absolute atomic E-state index is 0.279. The molecule has 2 rings (SSSR count). The van der Waals surface area contributed by atoms with Crippen molar-refractivity contribution in [3.63, 3.8) is 0 Å². The van der Waals surface area contributed by atoms with Crippen LogP contribution in [0.2, 0.25) is 0 Å². The second-order valence-corrected chi connectivity index (χ2v) is 9.95. The molecule has 0 fully saturated rings. The van der Waals surface area contributed by atoms with Gasteiger partial charge in [-0.3, -0.25) is 14.4 Å². The summed E-state index contributed by atoms with van der Waals surface area (Å²) >= 11 is 32.9.